The SMILES string of the molecule is O=C1\C=C/C=C\C=C/N=NNOc2ccccc2C(=O)/C=C\1. The van der Waals surface area contributed by atoms with Crippen LogP contribution in [-0.2, 0) is 4.79 Å². The number of hydrogen-bond acceptors (Lipinski definition) is 6. The maximum atomic E-state index is 12.1. The Labute approximate surface area is 127 Å². The molecule has 22 heavy (non-hydrogen) atoms. The average molecular weight is 295 g/mol. The first-order chi connectivity index (χ1) is 10.8. The highest BCUT2D eigenvalue weighted by Gasteiger charge is 2.10. The van der Waals surface area contributed by atoms with E-state index >= 15 is 0 Å². The monoisotopic (exact) mass is 295 g/mol. The van der Waals surface area contributed by atoms with Crippen molar-refractivity contribution >= 4 is 11.6 Å². The zero-order valence-corrected chi connectivity index (χ0v) is 11.5. The van der Waals surface area contributed by atoms with E-state index in [-0.39, 0.29) is 17.3 Å². The summed E-state index contributed by atoms with van der Waals surface area (Å²) in [5.41, 5.74) is 2.58. The molecule has 0 aliphatic carbocycles. The van der Waals surface area contributed by atoms with Crippen LogP contribution in [0.1, 0.15) is 10.4 Å². The Bertz CT molecular complexity index is 700. The molecular weight excluding hydrogens is 282 g/mol. The Morgan fingerprint density at radius 3 is 2.64 bits per heavy atom. The lowest BCUT2D eigenvalue weighted by Gasteiger charge is -2.06. The summed E-state index contributed by atoms with van der Waals surface area (Å²) in [5, 5.41) is 7.24. The molecule has 0 saturated heterocycles. The van der Waals surface area contributed by atoms with Gasteiger partial charge in [0.1, 0.15) is 0 Å². The molecule has 6 heteroatoms. The fourth-order valence-corrected chi connectivity index (χ4v) is 1.56. The molecule has 0 amide bonds. The summed E-state index contributed by atoms with van der Waals surface area (Å²) < 4.78 is 0. The van der Waals surface area contributed by atoms with Crippen LogP contribution >= 0.6 is 0 Å². The number of hydrogen-bond donors (Lipinski definition) is 1. The lowest BCUT2D eigenvalue weighted by atomic mass is 10.1. The van der Waals surface area contributed by atoms with Gasteiger partial charge in [-0.05, 0) is 41.7 Å². The van der Waals surface area contributed by atoms with Crippen LogP contribution in [0, 0.1) is 0 Å². The van der Waals surface area contributed by atoms with Gasteiger partial charge in [0.15, 0.2) is 17.3 Å². The van der Waals surface area contributed by atoms with Crippen molar-refractivity contribution in [1.29, 1.82) is 0 Å². The molecule has 0 spiro atoms. The third kappa shape index (κ3) is 4.68. The predicted octanol–water partition coefficient (Wildman–Crippen LogP) is 2.88. The Hall–Kier alpha value is -3.28. The topological polar surface area (TPSA) is 80.1 Å². The summed E-state index contributed by atoms with van der Waals surface area (Å²) in [6, 6.07) is 6.61. The molecule has 1 aromatic rings. The molecule has 110 valence electrons. The van der Waals surface area contributed by atoms with E-state index in [9.17, 15) is 9.59 Å². The molecule has 0 aromatic heterocycles. The van der Waals surface area contributed by atoms with E-state index in [1.165, 1.54) is 24.4 Å². The Morgan fingerprint density at radius 1 is 0.909 bits per heavy atom. The number of nitrogens with one attached hydrogen (secondary N) is 1. The lowest BCUT2D eigenvalue weighted by molar-refractivity contribution is -0.110. The van der Waals surface area contributed by atoms with E-state index in [0.717, 1.165) is 0 Å². The van der Waals surface area contributed by atoms with Crippen LogP contribution in [0.3, 0.4) is 0 Å². The van der Waals surface area contributed by atoms with Crippen LogP contribution in [0.25, 0.3) is 0 Å². The minimum atomic E-state index is -0.348. The highest BCUT2D eigenvalue weighted by molar-refractivity contribution is 6.11. The van der Waals surface area contributed by atoms with Gasteiger partial charge in [0, 0.05) is 0 Å². The van der Waals surface area contributed by atoms with Gasteiger partial charge < -0.3 is 4.84 Å². The summed E-state index contributed by atoms with van der Waals surface area (Å²) in [6.07, 6.45) is 11.7. The number of carbonyl (C=O) groups is 2. The fraction of sp³-hybridized carbons (Fsp3) is 0. The van der Waals surface area contributed by atoms with Crippen molar-refractivity contribution in [1.82, 2.24) is 5.59 Å². The maximum Gasteiger partial charge on any atom is 0.189 e. The van der Waals surface area contributed by atoms with Gasteiger partial charge in [-0.15, -0.1) is 10.7 Å². The van der Waals surface area contributed by atoms with Gasteiger partial charge in [0.2, 0.25) is 0 Å². The van der Waals surface area contributed by atoms with Gasteiger partial charge in [-0.2, -0.15) is 0 Å². The Kier molecular flexibility index (Phi) is 5.57. The van der Waals surface area contributed by atoms with Crippen LogP contribution in [0.5, 0.6) is 5.75 Å². The van der Waals surface area contributed by atoms with E-state index in [1.54, 1.807) is 48.6 Å². The van der Waals surface area contributed by atoms with Crippen LogP contribution < -0.4 is 10.4 Å². The molecule has 1 aromatic carbocycles. The second kappa shape index (κ2) is 8.11. The Morgan fingerprint density at radius 2 is 1.73 bits per heavy atom. The predicted molar refractivity (Wildman–Crippen MR) is 81.0 cm³/mol. The molecule has 0 radical (unpaired) electrons. The van der Waals surface area contributed by atoms with Gasteiger partial charge in [0.05, 0.1) is 11.8 Å². The van der Waals surface area contributed by atoms with E-state index in [4.69, 9.17) is 4.84 Å². The molecule has 1 aliphatic rings. The first-order valence-electron chi connectivity index (χ1n) is 6.44. The van der Waals surface area contributed by atoms with Crippen LogP contribution in [0.15, 0.2) is 83.3 Å². The number of nitrogens with zero attached hydrogens (tertiary/aromatic N) is 2. The Balaban J connectivity index is 2.29. The van der Waals surface area contributed by atoms with Gasteiger partial charge in [-0.3, -0.25) is 9.59 Å². The van der Waals surface area contributed by atoms with Gasteiger partial charge in [-0.25, -0.2) is 0 Å². The van der Waals surface area contributed by atoms with Crippen LogP contribution in [0.4, 0.5) is 0 Å². The first kappa shape index (κ1) is 15.1. The van der Waals surface area contributed by atoms with Crippen molar-refractivity contribution in [3.05, 3.63) is 78.6 Å². The van der Waals surface area contributed by atoms with Crippen LogP contribution in [0.2, 0.25) is 0 Å². The van der Waals surface area contributed by atoms with E-state index < -0.39 is 0 Å². The summed E-state index contributed by atoms with van der Waals surface area (Å²) in [7, 11) is 0. The van der Waals surface area contributed by atoms with Crippen molar-refractivity contribution in [3.8, 4) is 5.75 Å². The molecule has 6 nitrogen and oxygen atoms in total. The quantitative estimate of drug-likeness (QED) is 0.798. The van der Waals surface area contributed by atoms with Crippen molar-refractivity contribution < 1.29 is 14.4 Å². The summed E-state index contributed by atoms with van der Waals surface area (Å²) in [4.78, 5) is 28.8. The maximum absolute atomic E-state index is 12.1. The lowest BCUT2D eigenvalue weighted by Crippen LogP contribution is -2.12. The zero-order valence-electron chi connectivity index (χ0n) is 11.5. The minimum absolute atomic E-state index is 0.287. The number of carbonyl (C=O) groups excluding carboxylic acids is 2. The van der Waals surface area contributed by atoms with Gasteiger partial charge >= 0.3 is 0 Å². The fourth-order valence-electron chi connectivity index (χ4n) is 1.56. The molecule has 1 heterocycles. The summed E-state index contributed by atoms with van der Waals surface area (Å²) >= 11 is 0. The second-order valence-electron chi connectivity index (χ2n) is 4.09. The van der Waals surface area contributed by atoms with Crippen LogP contribution in [-0.4, -0.2) is 11.6 Å². The van der Waals surface area contributed by atoms with Gasteiger partial charge in [-0.1, -0.05) is 30.4 Å². The number of para-hydroxylation sites is 1. The van der Waals surface area contributed by atoms with Crippen molar-refractivity contribution in [2.75, 3.05) is 0 Å². The molecule has 2 rings (SSSR count). The van der Waals surface area contributed by atoms with E-state index in [1.807, 2.05) is 0 Å². The molecule has 0 unspecified atom stereocenters. The number of rotatable bonds is 0. The normalized spacial score (nSPS) is 21.1. The molecule has 0 fully saturated rings. The minimum Gasteiger partial charge on any atom is -0.363 e. The van der Waals surface area contributed by atoms with E-state index in [0.29, 0.717) is 5.56 Å². The van der Waals surface area contributed by atoms with Crippen molar-refractivity contribution in [3.63, 3.8) is 0 Å². The summed E-state index contributed by atoms with van der Waals surface area (Å²) in [6.45, 7) is 0. The molecule has 0 saturated carbocycles. The van der Waals surface area contributed by atoms with Gasteiger partial charge in [0.25, 0.3) is 0 Å². The first-order valence-corrected chi connectivity index (χ1v) is 6.44. The number of allylic oxidation sites excluding steroid dienone is 7. The van der Waals surface area contributed by atoms with Crippen molar-refractivity contribution in [2.24, 2.45) is 10.3 Å². The highest BCUT2D eigenvalue weighted by Crippen LogP contribution is 2.18. The second-order valence-corrected chi connectivity index (χ2v) is 4.09. The molecule has 1 aliphatic heterocycles. The third-order valence-corrected chi connectivity index (χ3v) is 2.55. The third-order valence-electron chi connectivity index (χ3n) is 2.55. The van der Waals surface area contributed by atoms with E-state index in [2.05, 4.69) is 15.9 Å². The van der Waals surface area contributed by atoms with Crippen molar-refractivity contribution in [2.45, 2.75) is 0 Å². The average Bonchev–Trinajstić information content (AvgIpc) is 2.54. The molecule has 1 N–H and O–H groups in total. The summed E-state index contributed by atoms with van der Waals surface area (Å²) in [5.74, 6) is -0.348. The molecular formula is C16H13N3O3. The standard InChI is InChI=1S/C16H13N3O3/c20-13-7-3-1-2-6-12-17-18-19-22-16-9-5-4-8-14(16)15(21)11-10-13/h1-12H,(H,17,19)/b2-1-,7-3-,11-10-,12-6-. The molecule has 0 atom stereocenters. The largest absolute Gasteiger partial charge is 0.363 e. The number of fused-ring (bicyclic) bond motifs is 1. The highest BCUT2D eigenvalue weighted by atomic mass is 16.7. The smallest absolute Gasteiger partial charge is 0.189 e. The number of ketones is 2. The molecule has 0 bridgehead atoms. The number of benzene rings is 1. The zero-order chi connectivity index (χ0) is 15.6.